The van der Waals surface area contributed by atoms with Crippen LogP contribution in [-0.4, -0.2) is 22.7 Å². The summed E-state index contributed by atoms with van der Waals surface area (Å²) in [6.07, 6.45) is 1.30. The quantitative estimate of drug-likeness (QED) is 0.791. The van der Waals surface area contributed by atoms with Crippen molar-refractivity contribution in [2.75, 3.05) is 11.9 Å². The summed E-state index contributed by atoms with van der Waals surface area (Å²) in [6.45, 7) is 0. The number of hydrogen-bond acceptors (Lipinski definition) is 3. The van der Waals surface area contributed by atoms with Crippen molar-refractivity contribution in [2.45, 2.75) is 12.8 Å². The highest BCUT2D eigenvalue weighted by molar-refractivity contribution is 5.96. The predicted molar refractivity (Wildman–Crippen MR) is 75.1 cm³/mol. The number of rotatable bonds is 1. The first-order valence-electron chi connectivity index (χ1n) is 6.44. The van der Waals surface area contributed by atoms with Crippen molar-refractivity contribution in [3.05, 3.63) is 35.5 Å². The van der Waals surface area contributed by atoms with Crippen LogP contribution in [0.4, 0.5) is 5.69 Å². The normalized spacial score (nSPS) is 14.1. The molecule has 5 nitrogen and oxygen atoms in total. The number of carbonyl (C=O) groups is 1. The summed E-state index contributed by atoms with van der Waals surface area (Å²) >= 11 is 0. The predicted octanol–water partition coefficient (Wildman–Crippen LogP) is 1.87. The molecule has 0 bridgehead atoms. The average molecular weight is 266 g/mol. The van der Waals surface area contributed by atoms with Gasteiger partial charge in [-0.05, 0) is 24.1 Å². The van der Waals surface area contributed by atoms with Gasteiger partial charge in [-0.3, -0.25) is 9.48 Å². The molecule has 5 heteroatoms. The fourth-order valence-corrected chi connectivity index (χ4v) is 2.61. The van der Waals surface area contributed by atoms with Gasteiger partial charge in [0.2, 0.25) is 5.91 Å². The number of fused-ring (bicyclic) bond motifs is 1. The van der Waals surface area contributed by atoms with Crippen molar-refractivity contribution < 1.29 is 4.79 Å². The van der Waals surface area contributed by atoms with Gasteiger partial charge in [0.05, 0.1) is 5.69 Å². The van der Waals surface area contributed by atoms with Crippen molar-refractivity contribution >= 4 is 11.6 Å². The second-order valence-electron chi connectivity index (χ2n) is 4.95. The molecule has 1 aromatic heterocycles. The topological polar surface area (TPSA) is 61.9 Å². The van der Waals surface area contributed by atoms with E-state index < -0.39 is 0 Å². The Morgan fingerprint density at radius 2 is 2.05 bits per heavy atom. The van der Waals surface area contributed by atoms with E-state index in [1.807, 2.05) is 25.2 Å². The van der Waals surface area contributed by atoms with Crippen molar-refractivity contribution in [1.29, 1.82) is 5.26 Å². The molecule has 1 aliphatic rings. The number of nitrogens with zero attached hydrogens (tertiary/aromatic N) is 4. The van der Waals surface area contributed by atoms with E-state index >= 15 is 0 Å². The van der Waals surface area contributed by atoms with Gasteiger partial charge < -0.3 is 4.90 Å². The Morgan fingerprint density at radius 3 is 2.75 bits per heavy atom. The van der Waals surface area contributed by atoms with E-state index in [-0.39, 0.29) is 5.91 Å². The summed E-state index contributed by atoms with van der Waals surface area (Å²) < 4.78 is 1.71. The minimum Gasteiger partial charge on any atom is -0.315 e. The molecule has 0 spiro atoms. The van der Waals surface area contributed by atoms with Crippen LogP contribution in [0.5, 0.6) is 0 Å². The van der Waals surface area contributed by atoms with Crippen LogP contribution in [0.25, 0.3) is 11.3 Å². The summed E-state index contributed by atoms with van der Waals surface area (Å²) in [5.41, 5.74) is 4.46. The monoisotopic (exact) mass is 266 g/mol. The lowest BCUT2D eigenvalue weighted by molar-refractivity contribution is -0.118. The Kier molecular flexibility index (Phi) is 2.79. The molecule has 100 valence electrons. The molecule has 2 aromatic rings. The zero-order chi connectivity index (χ0) is 14.3. The van der Waals surface area contributed by atoms with Crippen molar-refractivity contribution in [3.8, 4) is 17.3 Å². The van der Waals surface area contributed by atoms with Gasteiger partial charge in [0.1, 0.15) is 6.07 Å². The Balaban J connectivity index is 2.07. The highest BCUT2D eigenvalue weighted by Crippen LogP contribution is 2.31. The van der Waals surface area contributed by atoms with Gasteiger partial charge >= 0.3 is 0 Å². The van der Waals surface area contributed by atoms with Crippen LogP contribution in [0.1, 0.15) is 17.7 Å². The number of aromatic nitrogens is 2. The largest absolute Gasteiger partial charge is 0.315 e. The molecule has 0 saturated carbocycles. The van der Waals surface area contributed by atoms with E-state index in [1.54, 1.807) is 22.7 Å². The van der Waals surface area contributed by atoms with E-state index in [2.05, 4.69) is 11.2 Å². The molecule has 0 atom stereocenters. The molecule has 0 unspecified atom stereocenters. The number of anilines is 1. The maximum absolute atomic E-state index is 11.7. The standard InChI is InChI=1S/C15H14N4O/c1-18-13-5-3-11(7-10(13)4-6-15(18)20)14-8-12(9-16)17-19(14)2/h3,5,7-8H,4,6H2,1-2H3. The zero-order valence-electron chi connectivity index (χ0n) is 11.4. The van der Waals surface area contributed by atoms with E-state index in [0.29, 0.717) is 12.1 Å². The molecule has 3 rings (SSSR count). The van der Waals surface area contributed by atoms with Crippen LogP contribution >= 0.6 is 0 Å². The van der Waals surface area contributed by atoms with Crippen molar-refractivity contribution in [1.82, 2.24) is 9.78 Å². The second kappa shape index (κ2) is 4.49. The Morgan fingerprint density at radius 1 is 1.25 bits per heavy atom. The molecule has 0 aliphatic carbocycles. The maximum atomic E-state index is 11.7. The molecule has 1 amide bonds. The molecule has 2 heterocycles. The lowest BCUT2D eigenvalue weighted by Gasteiger charge is -2.26. The summed E-state index contributed by atoms with van der Waals surface area (Å²) in [6, 6.07) is 9.83. The number of nitriles is 1. The van der Waals surface area contributed by atoms with Crippen molar-refractivity contribution in [2.24, 2.45) is 7.05 Å². The molecule has 0 radical (unpaired) electrons. The molecule has 0 N–H and O–H groups in total. The van der Waals surface area contributed by atoms with Crippen LogP contribution in [0.2, 0.25) is 0 Å². The first-order valence-corrected chi connectivity index (χ1v) is 6.44. The average Bonchev–Trinajstić information content (AvgIpc) is 2.84. The summed E-state index contributed by atoms with van der Waals surface area (Å²) in [5.74, 6) is 0.151. The fraction of sp³-hybridized carbons (Fsp3) is 0.267. The zero-order valence-corrected chi connectivity index (χ0v) is 11.4. The van der Waals surface area contributed by atoms with Gasteiger partial charge in [-0.2, -0.15) is 10.4 Å². The smallest absolute Gasteiger partial charge is 0.227 e. The third-order valence-corrected chi connectivity index (χ3v) is 3.71. The van der Waals surface area contributed by atoms with E-state index in [1.165, 1.54) is 0 Å². The van der Waals surface area contributed by atoms with Gasteiger partial charge in [-0.1, -0.05) is 6.07 Å². The van der Waals surface area contributed by atoms with Gasteiger partial charge in [0.15, 0.2) is 5.69 Å². The summed E-state index contributed by atoms with van der Waals surface area (Å²) in [7, 11) is 3.63. The van der Waals surface area contributed by atoms with E-state index in [0.717, 1.165) is 28.9 Å². The first kappa shape index (κ1) is 12.4. The van der Waals surface area contributed by atoms with Crippen LogP contribution < -0.4 is 4.90 Å². The Hall–Kier alpha value is -2.61. The molecular formula is C15H14N4O. The van der Waals surface area contributed by atoms with Gasteiger partial charge in [-0.25, -0.2) is 0 Å². The van der Waals surface area contributed by atoms with Crippen LogP contribution in [0, 0.1) is 11.3 Å². The number of amides is 1. The van der Waals surface area contributed by atoms with Crippen LogP contribution in [0.15, 0.2) is 24.3 Å². The lowest BCUT2D eigenvalue weighted by Crippen LogP contribution is -2.31. The minimum absolute atomic E-state index is 0.151. The lowest BCUT2D eigenvalue weighted by atomic mass is 9.98. The van der Waals surface area contributed by atoms with Gasteiger partial charge in [0, 0.05) is 37.8 Å². The number of hydrogen-bond donors (Lipinski definition) is 0. The van der Waals surface area contributed by atoms with Crippen molar-refractivity contribution in [3.63, 3.8) is 0 Å². The molecule has 1 aliphatic heterocycles. The molecule has 1 aromatic carbocycles. The van der Waals surface area contributed by atoms with E-state index in [9.17, 15) is 4.79 Å². The highest BCUT2D eigenvalue weighted by Gasteiger charge is 2.21. The first-order chi connectivity index (χ1) is 9.60. The Labute approximate surface area is 117 Å². The summed E-state index contributed by atoms with van der Waals surface area (Å²) in [4.78, 5) is 13.4. The number of aryl methyl sites for hydroxylation is 2. The number of benzene rings is 1. The minimum atomic E-state index is 0.151. The second-order valence-corrected chi connectivity index (χ2v) is 4.95. The summed E-state index contributed by atoms with van der Waals surface area (Å²) in [5, 5.41) is 13.0. The number of carbonyl (C=O) groups excluding carboxylic acids is 1. The van der Waals surface area contributed by atoms with Gasteiger partial charge in [-0.15, -0.1) is 0 Å². The molecule has 20 heavy (non-hydrogen) atoms. The molecule has 0 saturated heterocycles. The Bertz CT molecular complexity index is 739. The molecule has 0 fully saturated rings. The fourth-order valence-electron chi connectivity index (χ4n) is 2.61. The van der Waals surface area contributed by atoms with Gasteiger partial charge in [0.25, 0.3) is 0 Å². The maximum Gasteiger partial charge on any atom is 0.227 e. The molecular weight excluding hydrogens is 252 g/mol. The van der Waals surface area contributed by atoms with Crippen LogP contribution in [0.3, 0.4) is 0 Å². The van der Waals surface area contributed by atoms with Crippen LogP contribution in [-0.2, 0) is 18.3 Å². The third-order valence-electron chi connectivity index (χ3n) is 3.71. The SMILES string of the molecule is CN1C(=O)CCc2cc(-c3cc(C#N)nn3C)ccc21. The van der Waals surface area contributed by atoms with E-state index in [4.69, 9.17) is 5.26 Å². The third kappa shape index (κ3) is 1.86. The highest BCUT2D eigenvalue weighted by atomic mass is 16.2.